The van der Waals surface area contributed by atoms with Gasteiger partial charge >= 0.3 is 13.7 Å². The van der Waals surface area contributed by atoms with E-state index in [2.05, 4.69) is 10.1 Å². The predicted molar refractivity (Wildman–Crippen MR) is 137 cm³/mol. The number of aromatic amines is 1. The lowest BCUT2D eigenvalue weighted by Crippen LogP contribution is -2.43. The van der Waals surface area contributed by atoms with Crippen molar-refractivity contribution in [1.29, 1.82) is 0 Å². The number of esters is 1. The summed E-state index contributed by atoms with van der Waals surface area (Å²) in [5, 5.41) is 13.4. The molecule has 1 aromatic heterocycles. The molecule has 14 heteroatoms. The van der Waals surface area contributed by atoms with Gasteiger partial charge in [-0.25, -0.2) is 8.96 Å². The number of nitrogens with one attached hydrogen (secondary N) is 2. The number of para-hydroxylation sites is 1. The maximum atomic E-state index is 15.4. The molecule has 0 saturated carbocycles. The summed E-state index contributed by atoms with van der Waals surface area (Å²) in [7, 11) is -4.31. The van der Waals surface area contributed by atoms with E-state index in [1.165, 1.54) is 35.9 Å². The number of nitrogens with zero attached hydrogens (tertiary/aromatic N) is 1. The molecule has 200 valence electrons. The highest BCUT2D eigenvalue weighted by Gasteiger charge is 2.57. The molecular formula is C23H27FN3O7PS2. The van der Waals surface area contributed by atoms with Crippen LogP contribution in [0, 0.1) is 21.8 Å². The molecule has 1 aromatic carbocycles. The molecule has 2 aromatic rings. The predicted octanol–water partition coefficient (Wildman–Crippen LogP) is 4.01. The number of aromatic nitrogens is 2. The minimum Gasteiger partial charge on any atom is -0.462 e. The normalized spacial score (nSPS) is 25.7. The SMILES string of the molecule is C#C[C@@]1(O)C(F)[C@@H](COP(=O)(N[C@@H](C)C(=O)OC(C)C)Oc2ccccc2)O[C@H]1n1ccc(=S)[nH]c1=S. The van der Waals surface area contributed by atoms with Crippen molar-refractivity contribution >= 4 is 38.2 Å². The molecule has 3 N–H and O–H groups in total. The molecule has 3 rings (SSSR count). The summed E-state index contributed by atoms with van der Waals surface area (Å²) >= 11 is 10.2. The monoisotopic (exact) mass is 571 g/mol. The minimum atomic E-state index is -4.31. The Hall–Kier alpha value is -2.43. The smallest absolute Gasteiger partial charge is 0.459 e. The highest BCUT2D eigenvalue weighted by atomic mass is 32.1. The number of carbonyl (C=O) groups excluding carboxylic acids is 1. The summed E-state index contributed by atoms with van der Waals surface area (Å²) in [6, 6.07) is 8.40. The van der Waals surface area contributed by atoms with Gasteiger partial charge in [-0.15, -0.1) is 6.42 Å². The number of ether oxygens (including phenoxy) is 2. The number of aliphatic hydroxyl groups is 1. The van der Waals surface area contributed by atoms with Gasteiger partial charge < -0.3 is 24.1 Å². The molecule has 0 radical (unpaired) electrons. The maximum Gasteiger partial charge on any atom is 0.459 e. The molecule has 2 unspecified atom stereocenters. The molecule has 0 bridgehead atoms. The third-order valence-electron chi connectivity index (χ3n) is 5.20. The second-order valence-electron chi connectivity index (χ2n) is 8.45. The third kappa shape index (κ3) is 6.91. The fourth-order valence-electron chi connectivity index (χ4n) is 3.43. The first-order chi connectivity index (χ1) is 17.4. The first-order valence-electron chi connectivity index (χ1n) is 11.2. The van der Waals surface area contributed by atoms with E-state index in [9.17, 15) is 14.5 Å². The number of terminal acetylenes is 1. The number of carbonyl (C=O) groups is 1. The highest BCUT2D eigenvalue weighted by molar-refractivity contribution is 7.72. The van der Waals surface area contributed by atoms with E-state index in [-0.39, 0.29) is 10.5 Å². The topological polar surface area (TPSA) is 124 Å². The third-order valence-corrected chi connectivity index (χ3v) is 7.39. The Morgan fingerprint density at radius 2 is 2.03 bits per heavy atom. The Morgan fingerprint density at radius 1 is 1.35 bits per heavy atom. The summed E-state index contributed by atoms with van der Waals surface area (Å²) in [5.41, 5.74) is -2.44. The van der Waals surface area contributed by atoms with Crippen molar-refractivity contribution in [1.82, 2.24) is 14.6 Å². The van der Waals surface area contributed by atoms with Crippen LogP contribution in [-0.4, -0.2) is 57.3 Å². The molecule has 1 saturated heterocycles. The van der Waals surface area contributed by atoms with Gasteiger partial charge in [-0.2, -0.15) is 5.09 Å². The first kappa shape index (κ1) is 29.1. The molecule has 0 amide bonds. The van der Waals surface area contributed by atoms with Crippen LogP contribution in [-0.2, 0) is 23.4 Å². The average Bonchev–Trinajstić information content (AvgIpc) is 3.08. The molecule has 2 heterocycles. The summed E-state index contributed by atoms with van der Waals surface area (Å²) < 4.78 is 52.5. The number of alkyl halides is 1. The van der Waals surface area contributed by atoms with Gasteiger partial charge in [0.1, 0.15) is 22.5 Å². The van der Waals surface area contributed by atoms with Crippen molar-refractivity contribution in [2.24, 2.45) is 0 Å². The van der Waals surface area contributed by atoms with Crippen LogP contribution in [0.4, 0.5) is 4.39 Å². The number of hydrogen-bond acceptors (Lipinski definition) is 9. The molecule has 0 aliphatic carbocycles. The Bertz CT molecular complexity index is 1320. The Balaban J connectivity index is 1.84. The highest BCUT2D eigenvalue weighted by Crippen LogP contribution is 2.47. The van der Waals surface area contributed by atoms with Crippen LogP contribution in [0.3, 0.4) is 0 Å². The molecule has 10 nitrogen and oxygen atoms in total. The van der Waals surface area contributed by atoms with Crippen LogP contribution in [0.15, 0.2) is 42.6 Å². The second kappa shape index (κ2) is 12.0. The van der Waals surface area contributed by atoms with Crippen LogP contribution in [0.2, 0.25) is 0 Å². The van der Waals surface area contributed by atoms with E-state index < -0.39 is 56.6 Å². The zero-order valence-electron chi connectivity index (χ0n) is 20.2. The van der Waals surface area contributed by atoms with Gasteiger partial charge in [0.15, 0.2) is 17.2 Å². The molecule has 0 spiro atoms. The zero-order valence-corrected chi connectivity index (χ0v) is 22.7. The van der Waals surface area contributed by atoms with E-state index in [1.807, 2.05) is 5.92 Å². The Labute approximate surface area is 223 Å². The van der Waals surface area contributed by atoms with Crippen molar-refractivity contribution in [3.63, 3.8) is 0 Å². The lowest BCUT2D eigenvalue weighted by molar-refractivity contribution is -0.149. The van der Waals surface area contributed by atoms with Crippen molar-refractivity contribution in [3.8, 4) is 18.1 Å². The maximum absolute atomic E-state index is 15.4. The number of halogens is 1. The number of hydrogen-bond donors (Lipinski definition) is 3. The van der Waals surface area contributed by atoms with Crippen LogP contribution in [0.1, 0.15) is 27.0 Å². The summed E-state index contributed by atoms with van der Waals surface area (Å²) in [4.78, 5) is 15.0. The quantitative estimate of drug-likeness (QED) is 0.167. The van der Waals surface area contributed by atoms with E-state index in [4.69, 9.17) is 49.4 Å². The van der Waals surface area contributed by atoms with Crippen molar-refractivity contribution in [2.45, 2.75) is 57.0 Å². The summed E-state index contributed by atoms with van der Waals surface area (Å²) in [5.74, 6) is 1.49. The van der Waals surface area contributed by atoms with E-state index in [0.29, 0.717) is 4.64 Å². The van der Waals surface area contributed by atoms with E-state index >= 15 is 4.39 Å². The van der Waals surface area contributed by atoms with Gasteiger partial charge in [-0.3, -0.25) is 13.9 Å². The lowest BCUT2D eigenvalue weighted by atomic mass is 9.96. The number of H-pyrrole nitrogens is 1. The largest absolute Gasteiger partial charge is 0.462 e. The molecule has 6 atom stereocenters. The van der Waals surface area contributed by atoms with Gasteiger partial charge in [0, 0.05) is 6.20 Å². The number of rotatable bonds is 10. The van der Waals surface area contributed by atoms with E-state index in [1.54, 1.807) is 32.0 Å². The Morgan fingerprint density at radius 3 is 2.62 bits per heavy atom. The molecule has 37 heavy (non-hydrogen) atoms. The van der Waals surface area contributed by atoms with Crippen LogP contribution in [0.5, 0.6) is 5.75 Å². The summed E-state index contributed by atoms with van der Waals surface area (Å²) in [6.07, 6.45) is 1.37. The minimum absolute atomic E-state index is 0.0391. The van der Waals surface area contributed by atoms with E-state index in [0.717, 1.165) is 0 Å². The van der Waals surface area contributed by atoms with Crippen molar-refractivity contribution in [2.75, 3.05) is 6.61 Å². The zero-order chi connectivity index (χ0) is 27.4. The Kier molecular flexibility index (Phi) is 9.42. The first-order valence-corrected chi connectivity index (χ1v) is 13.5. The summed E-state index contributed by atoms with van der Waals surface area (Å²) in [6.45, 7) is 4.07. The van der Waals surface area contributed by atoms with Crippen molar-refractivity contribution < 1.29 is 37.4 Å². The van der Waals surface area contributed by atoms with Crippen LogP contribution >= 0.6 is 32.2 Å². The van der Waals surface area contributed by atoms with Crippen LogP contribution in [0.25, 0.3) is 0 Å². The number of benzene rings is 1. The fourth-order valence-corrected chi connectivity index (χ4v) is 5.42. The van der Waals surface area contributed by atoms with Gasteiger partial charge in [0.2, 0.25) is 5.60 Å². The average molecular weight is 572 g/mol. The van der Waals surface area contributed by atoms with Gasteiger partial charge in [-0.05, 0) is 51.2 Å². The van der Waals surface area contributed by atoms with Gasteiger partial charge in [-0.1, -0.05) is 36.3 Å². The van der Waals surface area contributed by atoms with Crippen molar-refractivity contribution in [3.05, 3.63) is 52.0 Å². The van der Waals surface area contributed by atoms with Gasteiger partial charge in [0.05, 0.1) is 12.7 Å². The molecule has 1 aliphatic heterocycles. The molecule has 1 aliphatic rings. The van der Waals surface area contributed by atoms with Crippen LogP contribution < -0.4 is 9.61 Å². The molecule has 1 fully saturated rings. The second-order valence-corrected chi connectivity index (χ2v) is 11.0. The molecular weight excluding hydrogens is 544 g/mol. The lowest BCUT2D eigenvalue weighted by Gasteiger charge is -2.26. The standard InChI is InChI=1S/C23H27FN3O7PS2/c1-5-23(29)19(24)17(33-21(23)27-12-11-18(36)25-22(27)37)13-31-35(30,34-16-9-7-6-8-10-16)26-15(4)20(28)32-14(2)3/h1,6-12,14-15,17,19,21,29H,13H2,2-4H3,(H,26,30)(H,25,36,37)/t15-,17+,19?,21+,23+,35?/m0/s1. The van der Waals surface area contributed by atoms with Gasteiger partial charge in [0.25, 0.3) is 0 Å². The fraction of sp³-hybridized carbons (Fsp3) is 0.435.